The number of likely N-dealkylation sites (N-methyl/N-ethyl adjacent to an activating group) is 1. The predicted molar refractivity (Wildman–Crippen MR) is 146 cm³/mol. The maximum absolute atomic E-state index is 14.0. The molecule has 0 saturated carbocycles. The van der Waals surface area contributed by atoms with Gasteiger partial charge in [0.25, 0.3) is 5.56 Å². The Balaban J connectivity index is 1.77. The zero-order valence-electron chi connectivity index (χ0n) is 22.3. The van der Waals surface area contributed by atoms with Crippen LogP contribution in [0, 0.1) is 11.3 Å². The van der Waals surface area contributed by atoms with Crippen molar-refractivity contribution in [1.82, 2.24) is 9.47 Å². The van der Waals surface area contributed by atoms with E-state index >= 15 is 0 Å². The molecule has 2 aromatic carbocycles. The number of carbonyl (C=O) groups is 1. The molecule has 0 bridgehead atoms. The number of hydrogen-bond donors (Lipinski definition) is 0. The molecule has 40 heavy (non-hydrogen) atoms. The molecule has 2 aliphatic rings. The second-order valence-electron chi connectivity index (χ2n) is 9.99. The summed E-state index contributed by atoms with van der Waals surface area (Å²) in [5.74, 6) is 0. The summed E-state index contributed by atoms with van der Waals surface area (Å²) in [5, 5.41) is 9.63. The topological polar surface area (TPSA) is 69.3 Å². The molecule has 0 fully saturated rings. The molecule has 2 heterocycles. The van der Waals surface area contributed by atoms with Gasteiger partial charge in [-0.3, -0.25) is 9.69 Å². The van der Waals surface area contributed by atoms with Crippen LogP contribution in [0.1, 0.15) is 48.9 Å². The van der Waals surface area contributed by atoms with Crippen LogP contribution in [0.3, 0.4) is 0 Å². The Hall–Kier alpha value is -4.58. The molecule has 0 saturated heterocycles. The van der Waals surface area contributed by atoms with E-state index in [1.807, 2.05) is 13.0 Å². The lowest BCUT2D eigenvalue weighted by Crippen LogP contribution is -2.49. The number of amides is 2. The highest BCUT2D eigenvalue weighted by molar-refractivity contribution is 5.98. The van der Waals surface area contributed by atoms with E-state index in [2.05, 4.69) is 6.07 Å². The fraction of sp³-hybridized carbons (Fsp3) is 0.258. The van der Waals surface area contributed by atoms with Crippen molar-refractivity contribution in [2.75, 3.05) is 11.9 Å². The molecule has 1 aliphatic carbocycles. The molecule has 1 atom stereocenters. The summed E-state index contributed by atoms with van der Waals surface area (Å²) in [6.45, 7) is 1.91. The fourth-order valence-electron chi connectivity index (χ4n) is 5.63. The highest BCUT2D eigenvalue weighted by atomic mass is 19.4. The first-order valence-corrected chi connectivity index (χ1v) is 12.9. The molecule has 0 N–H and O–H groups in total. The smallest absolute Gasteiger partial charge is 0.319 e. The van der Waals surface area contributed by atoms with Crippen LogP contribution in [0.15, 0.2) is 88.5 Å². The van der Waals surface area contributed by atoms with Gasteiger partial charge in [0, 0.05) is 37.6 Å². The minimum atomic E-state index is -4.55. The summed E-state index contributed by atoms with van der Waals surface area (Å²) in [5.41, 5.74) is 3.99. The Morgan fingerprint density at radius 1 is 1.02 bits per heavy atom. The van der Waals surface area contributed by atoms with Gasteiger partial charge in [-0.15, -0.1) is 0 Å². The third kappa shape index (κ3) is 4.60. The third-order valence-corrected chi connectivity index (χ3v) is 7.61. The molecule has 204 valence electrons. The molecule has 0 unspecified atom stereocenters. The second-order valence-corrected chi connectivity index (χ2v) is 9.99. The number of alkyl halides is 3. The van der Waals surface area contributed by atoms with Gasteiger partial charge in [0.2, 0.25) is 0 Å². The molecule has 1 aromatic heterocycles. The van der Waals surface area contributed by atoms with Crippen LogP contribution >= 0.6 is 0 Å². The van der Waals surface area contributed by atoms with Gasteiger partial charge in [-0.2, -0.15) is 18.4 Å². The molecule has 5 rings (SSSR count). The van der Waals surface area contributed by atoms with Gasteiger partial charge < -0.3 is 9.47 Å². The number of aromatic nitrogens is 1. The molecular weight excluding hydrogens is 517 g/mol. The van der Waals surface area contributed by atoms with Crippen molar-refractivity contribution < 1.29 is 18.0 Å². The number of halogens is 3. The van der Waals surface area contributed by atoms with Gasteiger partial charge >= 0.3 is 12.2 Å². The van der Waals surface area contributed by atoms with Crippen LogP contribution in [-0.2, 0) is 13.2 Å². The van der Waals surface area contributed by atoms with E-state index in [-0.39, 0.29) is 11.2 Å². The Labute approximate surface area is 229 Å². The Bertz CT molecular complexity index is 1680. The minimum absolute atomic E-state index is 0.154. The molecule has 6 nitrogen and oxygen atoms in total. The standard InChI is InChI=1S/C31H27F3N4O2/c1-4-20-7-5-10-26-28(20)29(37(3)30(40)38(26)23-9-6-8-22(17-23)31(32,33)34)24-12-11-19(18-35)15-25(24)21-13-14-36(2)27(39)16-21/h4,6,8-9,11-17,29H,5,7,10H2,1-3H3/t29-/m1/s1. The van der Waals surface area contributed by atoms with E-state index in [1.54, 1.807) is 44.6 Å². The number of nitriles is 1. The number of rotatable bonds is 3. The Kier molecular flexibility index (Phi) is 6.88. The van der Waals surface area contributed by atoms with Crippen molar-refractivity contribution in [3.8, 4) is 17.2 Å². The molecule has 0 spiro atoms. The van der Waals surface area contributed by atoms with Crippen molar-refractivity contribution in [3.05, 3.63) is 111 Å². The van der Waals surface area contributed by atoms with Crippen molar-refractivity contribution in [3.63, 3.8) is 0 Å². The van der Waals surface area contributed by atoms with Crippen LogP contribution in [0.2, 0.25) is 0 Å². The van der Waals surface area contributed by atoms with Crippen molar-refractivity contribution in [2.24, 2.45) is 7.05 Å². The molecule has 0 radical (unpaired) electrons. The van der Waals surface area contributed by atoms with E-state index in [9.17, 15) is 28.0 Å². The molecule has 2 amide bonds. The maximum Gasteiger partial charge on any atom is 0.416 e. The summed E-state index contributed by atoms with van der Waals surface area (Å²) in [6, 6.07) is 14.4. The fourth-order valence-corrected chi connectivity index (χ4v) is 5.63. The average Bonchev–Trinajstić information content (AvgIpc) is 2.94. The van der Waals surface area contributed by atoms with Gasteiger partial charge in [0.15, 0.2) is 0 Å². The van der Waals surface area contributed by atoms with E-state index in [4.69, 9.17) is 0 Å². The van der Waals surface area contributed by atoms with Crippen LogP contribution in [0.4, 0.5) is 23.7 Å². The monoisotopic (exact) mass is 544 g/mol. The second kappa shape index (κ2) is 10.2. The lowest BCUT2D eigenvalue weighted by Gasteiger charge is -2.45. The quantitative estimate of drug-likeness (QED) is 0.359. The number of nitrogens with zero attached hydrogens (tertiary/aromatic N) is 4. The van der Waals surface area contributed by atoms with Gasteiger partial charge in [-0.1, -0.05) is 18.2 Å². The zero-order chi connectivity index (χ0) is 28.8. The Morgan fingerprint density at radius 3 is 2.48 bits per heavy atom. The number of benzene rings is 2. The first kappa shape index (κ1) is 27.0. The molecule has 1 aliphatic heterocycles. The lowest BCUT2D eigenvalue weighted by molar-refractivity contribution is -0.137. The number of aryl methyl sites for hydroxylation is 1. The summed E-state index contributed by atoms with van der Waals surface area (Å²) < 4.78 is 42.2. The maximum atomic E-state index is 14.0. The largest absolute Gasteiger partial charge is 0.416 e. The lowest BCUT2D eigenvalue weighted by atomic mass is 9.79. The van der Waals surface area contributed by atoms with Crippen LogP contribution < -0.4 is 10.5 Å². The zero-order valence-corrected chi connectivity index (χ0v) is 22.3. The molecule has 3 aromatic rings. The van der Waals surface area contributed by atoms with E-state index in [0.29, 0.717) is 28.8 Å². The minimum Gasteiger partial charge on any atom is -0.319 e. The third-order valence-electron chi connectivity index (χ3n) is 7.61. The Morgan fingerprint density at radius 2 is 1.80 bits per heavy atom. The van der Waals surface area contributed by atoms with Crippen LogP contribution in [0.5, 0.6) is 0 Å². The van der Waals surface area contributed by atoms with E-state index in [1.165, 1.54) is 32.6 Å². The van der Waals surface area contributed by atoms with Crippen LogP contribution in [0.25, 0.3) is 11.1 Å². The summed E-state index contributed by atoms with van der Waals surface area (Å²) in [6.07, 6.45) is 1.09. The number of anilines is 1. The van der Waals surface area contributed by atoms with E-state index in [0.717, 1.165) is 41.7 Å². The number of hydrogen-bond acceptors (Lipinski definition) is 3. The molecular formula is C31H27F3N4O2. The highest BCUT2D eigenvalue weighted by Crippen LogP contribution is 2.49. The van der Waals surface area contributed by atoms with Crippen molar-refractivity contribution >= 4 is 11.7 Å². The average molecular weight is 545 g/mol. The van der Waals surface area contributed by atoms with Crippen LogP contribution in [-0.4, -0.2) is 22.5 Å². The number of carbonyl (C=O) groups excluding carboxylic acids is 1. The predicted octanol–water partition coefficient (Wildman–Crippen LogP) is 6.94. The SMILES string of the molecule is CC=C1CCCC2=C1[C@@H](c1ccc(C#N)cc1-c1ccn(C)c(=O)c1)N(C)C(=O)N2c1cccc(C(F)(F)F)c1. The van der Waals surface area contributed by atoms with E-state index < -0.39 is 23.8 Å². The summed E-state index contributed by atoms with van der Waals surface area (Å²) in [4.78, 5) is 29.4. The van der Waals surface area contributed by atoms with Gasteiger partial charge in [-0.25, -0.2) is 4.79 Å². The van der Waals surface area contributed by atoms with Gasteiger partial charge in [0.1, 0.15) is 0 Å². The number of urea groups is 1. The van der Waals surface area contributed by atoms with Crippen molar-refractivity contribution in [1.29, 1.82) is 5.26 Å². The summed E-state index contributed by atoms with van der Waals surface area (Å²) in [7, 11) is 3.28. The first-order chi connectivity index (χ1) is 19.0. The highest BCUT2D eigenvalue weighted by Gasteiger charge is 2.42. The van der Waals surface area contributed by atoms with Gasteiger partial charge in [0.05, 0.1) is 28.9 Å². The number of allylic oxidation sites excluding steroid dienone is 2. The van der Waals surface area contributed by atoms with Crippen molar-refractivity contribution in [2.45, 2.75) is 38.4 Å². The van der Waals surface area contributed by atoms with Gasteiger partial charge in [-0.05, 0) is 84.8 Å². The number of pyridine rings is 1. The molecule has 9 heteroatoms. The summed E-state index contributed by atoms with van der Waals surface area (Å²) >= 11 is 0. The normalized spacial score (nSPS) is 18.7. The first-order valence-electron chi connectivity index (χ1n) is 12.9.